The van der Waals surface area contributed by atoms with Crippen molar-refractivity contribution < 1.29 is 22.0 Å². The molecular formula is C23H20F5N7S. The Bertz CT molecular complexity index is 1430. The first kappa shape index (κ1) is 23.1. The van der Waals surface area contributed by atoms with Gasteiger partial charge in [-0.1, -0.05) is 6.07 Å². The van der Waals surface area contributed by atoms with Gasteiger partial charge in [0, 0.05) is 41.4 Å². The van der Waals surface area contributed by atoms with E-state index in [1.165, 1.54) is 17.6 Å². The maximum absolute atomic E-state index is 13.9. The molecule has 1 N–H and O–H groups in total. The highest BCUT2D eigenvalue weighted by atomic mass is 32.1. The molecule has 188 valence electrons. The standard InChI is InChI=1S/C23H20F5N7S/c1-11-29-22(36-33-11)35-15-3-4-16(35)9-14(8-15)30-21-31-20-17(12-2-5-18(24)19(25)6-12)7-13(23(26,27)28)10-34(20)32-21/h2,5-7,10,14-16H,3-4,8-9H2,1H3,(H,30,32). The average molecular weight is 522 g/mol. The first-order valence-electron chi connectivity index (χ1n) is 11.4. The molecule has 2 saturated heterocycles. The summed E-state index contributed by atoms with van der Waals surface area (Å²) in [4.78, 5) is 11.3. The lowest BCUT2D eigenvalue weighted by atomic mass is 9.98. The van der Waals surface area contributed by atoms with Gasteiger partial charge >= 0.3 is 6.18 Å². The summed E-state index contributed by atoms with van der Waals surface area (Å²) in [5, 5.41) is 8.46. The summed E-state index contributed by atoms with van der Waals surface area (Å²) in [5.41, 5.74) is -0.778. The third kappa shape index (κ3) is 4.04. The highest BCUT2D eigenvalue weighted by Crippen LogP contribution is 2.41. The van der Waals surface area contributed by atoms with Crippen LogP contribution in [-0.4, -0.2) is 42.1 Å². The lowest BCUT2D eigenvalue weighted by Gasteiger charge is -2.38. The van der Waals surface area contributed by atoms with Crippen LogP contribution in [0.15, 0.2) is 30.5 Å². The zero-order valence-electron chi connectivity index (χ0n) is 18.9. The summed E-state index contributed by atoms with van der Waals surface area (Å²) < 4.78 is 73.4. The van der Waals surface area contributed by atoms with Gasteiger partial charge in [-0.3, -0.25) is 0 Å². The number of nitrogens with one attached hydrogen (secondary N) is 1. The number of aromatic nitrogens is 5. The van der Waals surface area contributed by atoms with Gasteiger partial charge in [0.1, 0.15) is 5.82 Å². The van der Waals surface area contributed by atoms with Crippen molar-refractivity contribution in [2.24, 2.45) is 0 Å². The van der Waals surface area contributed by atoms with Gasteiger partial charge in [-0.25, -0.2) is 18.3 Å². The summed E-state index contributed by atoms with van der Waals surface area (Å²) in [7, 11) is 0. The van der Waals surface area contributed by atoms with Crippen LogP contribution in [0.25, 0.3) is 16.8 Å². The molecule has 3 aromatic heterocycles. The molecule has 0 radical (unpaired) electrons. The van der Waals surface area contributed by atoms with Crippen molar-refractivity contribution in [2.45, 2.75) is 56.9 Å². The van der Waals surface area contributed by atoms with E-state index in [4.69, 9.17) is 0 Å². The summed E-state index contributed by atoms with van der Waals surface area (Å²) >= 11 is 1.39. The Balaban J connectivity index is 1.31. The van der Waals surface area contributed by atoms with Crippen LogP contribution in [0.3, 0.4) is 0 Å². The largest absolute Gasteiger partial charge is 0.417 e. The molecule has 2 bridgehead atoms. The van der Waals surface area contributed by atoms with E-state index in [2.05, 4.69) is 29.7 Å². The molecule has 13 heteroatoms. The van der Waals surface area contributed by atoms with Crippen molar-refractivity contribution in [1.29, 1.82) is 0 Å². The van der Waals surface area contributed by atoms with E-state index in [-0.39, 0.29) is 40.8 Å². The number of piperidine rings is 1. The maximum atomic E-state index is 13.9. The first-order valence-corrected chi connectivity index (χ1v) is 12.2. The number of benzene rings is 1. The zero-order valence-corrected chi connectivity index (χ0v) is 19.7. The molecule has 2 aliphatic rings. The van der Waals surface area contributed by atoms with Crippen LogP contribution in [0.4, 0.5) is 33.0 Å². The highest BCUT2D eigenvalue weighted by molar-refractivity contribution is 7.09. The lowest BCUT2D eigenvalue weighted by molar-refractivity contribution is -0.137. The fraction of sp³-hybridized carbons (Fsp3) is 0.391. The number of anilines is 2. The minimum absolute atomic E-state index is 0.00537. The molecule has 5 heterocycles. The molecule has 4 aromatic rings. The molecule has 6 rings (SSSR count). The van der Waals surface area contributed by atoms with Gasteiger partial charge in [-0.15, -0.1) is 5.10 Å². The predicted octanol–water partition coefficient (Wildman–Crippen LogP) is 5.47. The second-order valence-electron chi connectivity index (χ2n) is 9.20. The van der Waals surface area contributed by atoms with Gasteiger partial charge in [0.2, 0.25) is 11.1 Å². The molecule has 0 amide bonds. The molecule has 2 aliphatic heterocycles. The molecule has 7 nitrogen and oxygen atoms in total. The molecular weight excluding hydrogens is 501 g/mol. The molecule has 2 unspecified atom stereocenters. The van der Waals surface area contributed by atoms with E-state index in [0.29, 0.717) is 0 Å². The molecule has 0 spiro atoms. The smallest absolute Gasteiger partial charge is 0.350 e. The van der Waals surface area contributed by atoms with E-state index in [1.807, 2.05) is 6.92 Å². The summed E-state index contributed by atoms with van der Waals surface area (Å²) in [6, 6.07) is 4.41. The van der Waals surface area contributed by atoms with Gasteiger partial charge < -0.3 is 10.2 Å². The molecule has 0 saturated carbocycles. The SMILES string of the molecule is Cc1nsc(N2C3CCC2CC(Nc2nc4c(-c5ccc(F)c(F)c5)cc(C(F)(F)F)cn4n2)C3)n1. The second-order valence-corrected chi connectivity index (χ2v) is 9.93. The van der Waals surface area contributed by atoms with Crippen LogP contribution in [0, 0.1) is 18.6 Å². The van der Waals surface area contributed by atoms with Crippen molar-refractivity contribution >= 4 is 28.3 Å². The summed E-state index contributed by atoms with van der Waals surface area (Å²) in [5.74, 6) is -1.31. The van der Waals surface area contributed by atoms with Crippen molar-refractivity contribution in [1.82, 2.24) is 24.0 Å². The third-order valence-electron chi connectivity index (χ3n) is 6.80. The fourth-order valence-electron chi connectivity index (χ4n) is 5.26. The number of hydrogen-bond donors (Lipinski definition) is 1. The Kier molecular flexibility index (Phi) is 5.36. The number of alkyl halides is 3. The van der Waals surface area contributed by atoms with Crippen LogP contribution >= 0.6 is 11.5 Å². The van der Waals surface area contributed by atoms with Crippen LogP contribution in [0.2, 0.25) is 0 Å². The van der Waals surface area contributed by atoms with E-state index >= 15 is 0 Å². The Labute approximate surface area is 206 Å². The van der Waals surface area contributed by atoms with Crippen LogP contribution in [0.1, 0.15) is 37.1 Å². The Morgan fingerprint density at radius 3 is 2.42 bits per heavy atom. The van der Waals surface area contributed by atoms with Crippen molar-refractivity contribution in [3.63, 3.8) is 0 Å². The van der Waals surface area contributed by atoms with Gasteiger partial charge in [-0.05, 0) is 56.4 Å². The Morgan fingerprint density at radius 2 is 1.78 bits per heavy atom. The van der Waals surface area contributed by atoms with Gasteiger partial charge in [0.05, 0.1) is 5.56 Å². The number of rotatable bonds is 4. The minimum atomic E-state index is -4.66. The number of pyridine rings is 1. The molecule has 2 atom stereocenters. The van der Waals surface area contributed by atoms with E-state index in [9.17, 15) is 22.0 Å². The van der Waals surface area contributed by atoms with Crippen molar-refractivity contribution in [3.8, 4) is 11.1 Å². The maximum Gasteiger partial charge on any atom is 0.417 e. The van der Waals surface area contributed by atoms with E-state index < -0.39 is 23.4 Å². The quantitative estimate of drug-likeness (QED) is 0.360. The topological polar surface area (TPSA) is 71.2 Å². The van der Waals surface area contributed by atoms with Crippen molar-refractivity contribution in [2.75, 3.05) is 10.2 Å². The van der Waals surface area contributed by atoms with Crippen LogP contribution in [0.5, 0.6) is 0 Å². The van der Waals surface area contributed by atoms with E-state index in [0.717, 1.165) is 65.6 Å². The van der Waals surface area contributed by atoms with Gasteiger partial charge in [-0.2, -0.15) is 22.5 Å². The lowest BCUT2D eigenvalue weighted by Crippen LogP contribution is -2.47. The third-order valence-corrected chi connectivity index (χ3v) is 7.62. The number of fused-ring (bicyclic) bond motifs is 3. The highest BCUT2D eigenvalue weighted by Gasteiger charge is 2.42. The number of halogens is 5. The second kappa shape index (κ2) is 8.36. The molecule has 2 fully saturated rings. The monoisotopic (exact) mass is 521 g/mol. The van der Waals surface area contributed by atoms with E-state index in [1.54, 1.807) is 0 Å². The molecule has 36 heavy (non-hydrogen) atoms. The van der Waals surface area contributed by atoms with Gasteiger partial charge in [0.15, 0.2) is 17.3 Å². The van der Waals surface area contributed by atoms with Crippen LogP contribution in [-0.2, 0) is 6.18 Å². The number of aryl methyl sites for hydroxylation is 1. The number of hydrogen-bond acceptors (Lipinski definition) is 7. The van der Waals surface area contributed by atoms with Crippen molar-refractivity contribution in [3.05, 3.63) is 53.5 Å². The average Bonchev–Trinajstić information content (AvgIpc) is 3.49. The fourth-order valence-corrected chi connectivity index (χ4v) is 6.08. The predicted molar refractivity (Wildman–Crippen MR) is 124 cm³/mol. The Hall–Kier alpha value is -3.35. The first-order chi connectivity index (χ1) is 17.2. The zero-order chi connectivity index (χ0) is 25.2. The molecule has 0 aliphatic carbocycles. The normalized spacial score (nSPS) is 21.9. The Morgan fingerprint density at radius 1 is 1.03 bits per heavy atom. The minimum Gasteiger partial charge on any atom is -0.350 e. The van der Waals surface area contributed by atoms with Crippen LogP contribution < -0.4 is 10.2 Å². The summed E-state index contributed by atoms with van der Waals surface area (Å²) in [6.45, 7) is 1.87. The number of nitrogens with zero attached hydrogens (tertiary/aromatic N) is 6. The molecule has 1 aromatic carbocycles. The van der Waals surface area contributed by atoms with Gasteiger partial charge in [0.25, 0.3) is 0 Å². The summed E-state index contributed by atoms with van der Waals surface area (Å²) in [6.07, 6.45) is -0.162.